The molecule has 1 aromatic rings. The summed E-state index contributed by atoms with van der Waals surface area (Å²) in [6, 6.07) is 6.29. The van der Waals surface area contributed by atoms with Crippen molar-refractivity contribution in [1.82, 2.24) is 5.32 Å². The van der Waals surface area contributed by atoms with Gasteiger partial charge in [0.25, 0.3) is 0 Å². The SMILES string of the molecule is O=C(O)CCC(=O)NC1CCN(c2ccc(Cl)cc2)C1=O. The first-order chi connectivity index (χ1) is 9.97. The molecule has 0 radical (unpaired) electrons. The van der Waals surface area contributed by atoms with E-state index in [0.717, 1.165) is 5.69 Å². The summed E-state index contributed by atoms with van der Waals surface area (Å²) in [7, 11) is 0. The zero-order valence-electron chi connectivity index (χ0n) is 11.2. The largest absolute Gasteiger partial charge is 0.481 e. The fourth-order valence-electron chi connectivity index (χ4n) is 2.18. The number of carboxylic acids is 1. The van der Waals surface area contributed by atoms with Crippen LogP contribution in [0.25, 0.3) is 0 Å². The highest BCUT2D eigenvalue weighted by atomic mass is 35.5. The Morgan fingerprint density at radius 1 is 1.29 bits per heavy atom. The summed E-state index contributed by atoms with van der Waals surface area (Å²) >= 11 is 5.80. The van der Waals surface area contributed by atoms with E-state index in [-0.39, 0.29) is 18.7 Å². The highest BCUT2D eigenvalue weighted by molar-refractivity contribution is 6.30. The lowest BCUT2D eigenvalue weighted by molar-refractivity contribution is -0.139. The third-order valence-corrected chi connectivity index (χ3v) is 3.50. The van der Waals surface area contributed by atoms with Gasteiger partial charge in [-0.1, -0.05) is 11.6 Å². The van der Waals surface area contributed by atoms with Crippen molar-refractivity contribution in [3.8, 4) is 0 Å². The van der Waals surface area contributed by atoms with Crippen LogP contribution in [0, 0.1) is 0 Å². The minimum absolute atomic E-state index is 0.125. The number of benzene rings is 1. The van der Waals surface area contributed by atoms with Crippen molar-refractivity contribution in [2.24, 2.45) is 0 Å². The molecule has 0 aromatic heterocycles. The summed E-state index contributed by atoms with van der Waals surface area (Å²) in [5, 5.41) is 11.7. The van der Waals surface area contributed by atoms with Crippen LogP contribution in [0.5, 0.6) is 0 Å². The van der Waals surface area contributed by atoms with Gasteiger partial charge in [-0.2, -0.15) is 0 Å². The third kappa shape index (κ3) is 3.95. The van der Waals surface area contributed by atoms with E-state index >= 15 is 0 Å². The maximum atomic E-state index is 12.2. The first-order valence-electron chi connectivity index (χ1n) is 6.55. The molecule has 1 aliphatic heterocycles. The molecule has 6 nitrogen and oxygen atoms in total. The number of carbonyl (C=O) groups excluding carboxylic acids is 2. The predicted molar refractivity (Wildman–Crippen MR) is 77.2 cm³/mol. The van der Waals surface area contributed by atoms with E-state index < -0.39 is 17.9 Å². The molecule has 0 spiro atoms. The van der Waals surface area contributed by atoms with E-state index in [2.05, 4.69) is 5.32 Å². The number of aliphatic carboxylic acids is 1. The minimum Gasteiger partial charge on any atom is -0.481 e. The summed E-state index contributed by atoms with van der Waals surface area (Å²) < 4.78 is 0. The van der Waals surface area contributed by atoms with E-state index in [1.807, 2.05) is 0 Å². The van der Waals surface area contributed by atoms with E-state index in [1.165, 1.54) is 0 Å². The second kappa shape index (κ2) is 6.58. The molecule has 0 aliphatic carbocycles. The van der Waals surface area contributed by atoms with Gasteiger partial charge in [0.2, 0.25) is 11.8 Å². The van der Waals surface area contributed by atoms with Gasteiger partial charge in [-0.05, 0) is 30.7 Å². The Kier molecular flexibility index (Phi) is 4.80. The lowest BCUT2D eigenvalue weighted by Crippen LogP contribution is -2.41. The van der Waals surface area contributed by atoms with Gasteiger partial charge in [-0.25, -0.2) is 0 Å². The van der Waals surface area contributed by atoms with E-state index in [9.17, 15) is 14.4 Å². The highest BCUT2D eigenvalue weighted by Crippen LogP contribution is 2.23. The molecule has 2 rings (SSSR count). The number of nitrogens with zero attached hydrogens (tertiary/aromatic N) is 1. The van der Waals surface area contributed by atoms with Crippen LogP contribution in [0.3, 0.4) is 0 Å². The summed E-state index contributed by atoms with van der Waals surface area (Å²) in [5.41, 5.74) is 0.728. The Hall–Kier alpha value is -2.08. The second-order valence-corrected chi connectivity index (χ2v) is 5.21. The number of halogens is 1. The number of rotatable bonds is 5. The monoisotopic (exact) mass is 310 g/mol. The number of hydrogen-bond donors (Lipinski definition) is 2. The van der Waals surface area contributed by atoms with Gasteiger partial charge >= 0.3 is 5.97 Å². The Bertz CT molecular complexity index is 559. The molecule has 2 N–H and O–H groups in total. The molecule has 2 amide bonds. The van der Waals surface area contributed by atoms with Crippen LogP contribution in [0.2, 0.25) is 5.02 Å². The molecule has 1 heterocycles. The van der Waals surface area contributed by atoms with Crippen molar-refractivity contribution in [2.45, 2.75) is 25.3 Å². The molecule has 1 aromatic carbocycles. The Balaban J connectivity index is 1.93. The fraction of sp³-hybridized carbons (Fsp3) is 0.357. The number of hydrogen-bond acceptors (Lipinski definition) is 3. The molecule has 1 saturated heterocycles. The lowest BCUT2D eigenvalue weighted by atomic mass is 10.2. The van der Waals surface area contributed by atoms with Crippen molar-refractivity contribution in [2.75, 3.05) is 11.4 Å². The molecule has 0 saturated carbocycles. The molecule has 1 unspecified atom stereocenters. The first kappa shape index (κ1) is 15.3. The number of amides is 2. The van der Waals surface area contributed by atoms with Gasteiger partial charge in [-0.15, -0.1) is 0 Å². The van der Waals surface area contributed by atoms with Crippen molar-refractivity contribution >= 4 is 35.1 Å². The quantitative estimate of drug-likeness (QED) is 0.861. The molecule has 0 bridgehead atoms. The summed E-state index contributed by atoms with van der Waals surface area (Å²) in [6.45, 7) is 0.504. The average Bonchev–Trinajstić information content (AvgIpc) is 2.79. The Morgan fingerprint density at radius 2 is 1.95 bits per heavy atom. The summed E-state index contributed by atoms with van der Waals surface area (Å²) in [4.78, 5) is 35.8. The van der Waals surface area contributed by atoms with Gasteiger partial charge in [0.05, 0.1) is 6.42 Å². The number of carboxylic acid groups (broad SMARTS) is 1. The molecular formula is C14H15ClN2O4. The Morgan fingerprint density at radius 3 is 2.57 bits per heavy atom. The molecule has 1 fully saturated rings. The lowest BCUT2D eigenvalue weighted by Gasteiger charge is -2.17. The predicted octanol–water partition coefficient (Wildman–Crippen LogP) is 1.43. The van der Waals surface area contributed by atoms with Crippen LogP contribution in [-0.4, -0.2) is 35.5 Å². The third-order valence-electron chi connectivity index (χ3n) is 3.24. The molecule has 7 heteroatoms. The van der Waals surface area contributed by atoms with Gasteiger partial charge in [0.15, 0.2) is 0 Å². The van der Waals surface area contributed by atoms with E-state index in [4.69, 9.17) is 16.7 Å². The van der Waals surface area contributed by atoms with Crippen LogP contribution < -0.4 is 10.2 Å². The molecule has 1 atom stereocenters. The zero-order valence-corrected chi connectivity index (χ0v) is 12.0. The Labute approximate surface area is 126 Å². The molecule has 21 heavy (non-hydrogen) atoms. The van der Waals surface area contributed by atoms with Crippen LogP contribution in [0.1, 0.15) is 19.3 Å². The van der Waals surface area contributed by atoms with Crippen LogP contribution in [0.15, 0.2) is 24.3 Å². The normalized spacial score (nSPS) is 17.9. The first-order valence-corrected chi connectivity index (χ1v) is 6.93. The topological polar surface area (TPSA) is 86.7 Å². The van der Waals surface area contributed by atoms with Gasteiger partial charge in [0.1, 0.15) is 6.04 Å². The second-order valence-electron chi connectivity index (χ2n) is 4.77. The van der Waals surface area contributed by atoms with Crippen LogP contribution >= 0.6 is 11.6 Å². The van der Waals surface area contributed by atoms with Gasteiger partial charge in [0, 0.05) is 23.7 Å². The number of anilines is 1. The van der Waals surface area contributed by atoms with Crippen molar-refractivity contribution < 1.29 is 19.5 Å². The average molecular weight is 311 g/mol. The summed E-state index contributed by atoms with van der Waals surface area (Å²) in [6.07, 6.45) is 0.133. The number of carbonyl (C=O) groups is 3. The standard InChI is InChI=1S/C14H15ClN2O4/c15-9-1-3-10(4-2-9)17-8-7-11(14(17)21)16-12(18)5-6-13(19)20/h1-4,11H,5-8H2,(H,16,18)(H,19,20). The maximum absolute atomic E-state index is 12.2. The maximum Gasteiger partial charge on any atom is 0.303 e. The van der Waals surface area contributed by atoms with Crippen molar-refractivity contribution in [1.29, 1.82) is 0 Å². The van der Waals surface area contributed by atoms with Crippen LogP contribution in [-0.2, 0) is 14.4 Å². The smallest absolute Gasteiger partial charge is 0.303 e. The fourth-order valence-corrected chi connectivity index (χ4v) is 2.30. The van der Waals surface area contributed by atoms with Crippen LogP contribution in [0.4, 0.5) is 5.69 Å². The zero-order chi connectivity index (χ0) is 15.4. The highest BCUT2D eigenvalue weighted by Gasteiger charge is 2.33. The minimum atomic E-state index is -1.04. The number of nitrogens with one attached hydrogen (secondary N) is 1. The van der Waals surface area contributed by atoms with Gasteiger partial charge in [-0.3, -0.25) is 14.4 Å². The van der Waals surface area contributed by atoms with Gasteiger partial charge < -0.3 is 15.3 Å². The molecule has 112 valence electrons. The molecule has 1 aliphatic rings. The van der Waals surface area contributed by atoms with Crippen molar-refractivity contribution in [3.63, 3.8) is 0 Å². The summed E-state index contributed by atoms with van der Waals surface area (Å²) in [5.74, 6) is -1.65. The molecular weight excluding hydrogens is 296 g/mol. The van der Waals surface area contributed by atoms with E-state index in [1.54, 1.807) is 29.2 Å². The van der Waals surface area contributed by atoms with E-state index in [0.29, 0.717) is 18.0 Å². The van der Waals surface area contributed by atoms with Crippen molar-refractivity contribution in [3.05, 3.63) is 29.3 Å².